The summed E-state index contributed by atoms with van der Waals surface area (Å²) < 4.78 is 0. The van der Waals surface area contributed by atoms with Crippen LogP contribution in [0.1, 0.15) is 54.9 Å². The van der Waals surface area contributed by atoms with Gasteiger partial charge in [0.2, 0.25) is 0 Å². The van der Waals surface area contributed by atoms with Crippen molar-refractivity contribution in [2.75, 3.05) is 23.3 Å². The molecule has 3 aromatic carbocycles. The van der Waals surface area contributed by atoms with E-state index in [1.807, 2.05) is 17.0 Å². The Bertz CT molecular complexity index is 1420. The molecule has 1 amide bonds. The number of amides is 1. The maximum atomic E-state index is 13.0. The number of hydrogen-bond acceptors (Lipinski definition) is 6. The molecule has 4 aromatic rings. The summed E-state index contributed by atoms with van der Waals surface area (Å²) in [5, 5.41) is 23.7. The number of nitrogens with zero attached hydrogens (tertiary/aromatic N) is 5. The maximum absolute atomic E-state index is 13.0. The van der Waals surface area contributed by atoms with Crippen molar-refractivity contribution in [3.63, 3.8) is 0 Å². The van der Waals surface area contributed by atoms with Gasteiger partial charge >= 0.3 is 0 Å². The molecule has 2 heterocycles. The van der Waals surface area contributed by atoms with Crippen molar-refractivity contribution in [3.8, 4) is 5.69 Å². The number of nitro groups is 1. The number of aryl methyl sites for hydroxylation is 1. The third kappa shape index (κ3) is 5.45. The zero-order chi connectivity index (χ0) is 25.8. The van der Waals surface area contributed by atoms with Crippen LogP contribution >= 0.6 is 0 Å². The first-order valence-electron chi connectivity index (χ1n) is 12.8. The van der Waals surface area contributed by atoms with Gasteiger partial charge in [-0.25, -0.2) is 0 Å². The number of nitrogens with one attached hydrogen (secondary N) is 1. The molecule has 1 saturated heterocycles. The van der Waals surface area contributed by atoms with Crippen molar-refractivity contribution in [1.29, 1.82) is 0 Å². The van der Waals surface area contributed by atoms with E-state index in [1.165, 1.54) is 11.6 Å². The molecule has 0 saturated carbocycles. The Labute approximate surface area is 215 Å². The summed E-state index contributed by atoms with van der Waals surface area (Å²) in [5.74, 6) is -0.414. The quantitative estimate of drug-likeness (QED) is 0.239. The molecule has 37 heavy (non-hydrogen) atoms. The van der Waals surface area contributed by atoms with Gasteiger partial charge in [0.1, 0.15) is 16.7 Å². The number of unbranched alkanes of at least 4 members (excludes halogenated alkanes) is 1. The molecule has 0 unspecified atom stereocenters. The average Bonchev–Trinajstić information content (AvgIpc) is 3.36. The number of hydrogen-bond donors (Lipinski definition) is 1. The second-order valence-electron chi connectivity index (χ2n) is 9.43. The van der Waals surface area contributed by atoms with Crippen LogP contribution in [0.15, 0.2) is 60.7 Å². The number of carbonyl (C=O) groups is 1. The van der Waals surface area contributed by atoms with E-state index in [0.717, 1.165) is 57.3 Å². The molecule has 1 aromatic heterocycles. The Morgan fingerprint density at radius 1 is 0.973 bits per heavy atom. The van der Waals surface area contributed by atoms with Crippen LogP contribution < -0.4 is 10.2 Å². The summed E-state index contributed by atoms with van der Waals surface area (Å²) in [6.07, 6.45) is 6.53. The Morgan fingerprint density at radius 3 is 2.46 bits per heavy atom. The SMILES string of the molecule is CCCCc1ccc(-n2nc3ccc(NC(=O)c4ccc(N5CCCCC5)c([N+](=O)[O-])c4)cc3n2)cc1. The monoisotopic (exact) mass is 498 g/mol. The Hall–Kier alpha value is -4.27. The van der Waals surface area contributed by atoms with Crippen molar-refractivity contribution in [2.24, 2.45) is 0 Å². The molecule has 0 spiro atoms. The molecule has 0 radical (unpaired) electrons. The number of fused-ring (bicyclic) bond motifs is 1. The lowest BCUT2D eigenvalue weighted by molar-refractivity contribution is -0.384. The van der Waals surface area contributed by atoms with Crippen LogP contribution in [0.2, 0.25) is 0 Å². The topological polar surface area (TPSA) is 106 Å². The van der Waals surface area contributed by atoms with Crippen LogP contribution in [0.4, 0.5) is 17.1 Å². The molecule has 0 atom stereocenters. The Balaban J connectivity index is 1.33. The van der Waals surface area contributed by atoms with Crippen LogP contribution in [0.25, 0.3) is 16.7 Å². The van der Waals surface area contributed by atoms with Crippen molar-refractivity contribution in [1.82, 2.24) is 15.0 Å². The lowest BCUT2D eigenvalue weighted by atomic mass is 10.1. The Morgan fingerprint density at radius 2 is 1.73 bits per heavy atom. The number of aromatic nitrogens is 3. The summed E-state index contributed by atoms with van der Waals surface area (Å²) in [6, 6.07) is 18.2. The minimum atomic E-state index is -0.415. The molecule has 5 rings (SSSR count). The van der Waals surface area contributed by atoms with E-state index in [-0.39, 0.29) is 11.3 Å². The van der Waals surface area contributed by atoms with Gasteiger partial charge in [-0.15, -0.1) is 10.2 Å². The molecule has 1 aliphatic rings. The summed E-state index contributed by atoms with van der Waals surface area (Å²) in [5.41, 5.74) is 4.79. The predicted octanol–water partition coefficient (Wildman–Crippen LogP) is 5.91. The highest BCUT2D eigenvalue weighted by Crippen LogP contribution is 2.31. The highest BCUT2D eigenvalue weighted by Gasteiger charge is 2.23. The molecule has 190 valence electrons. The van der Waals surface area contributed by atoms with Crippen molar-refractivity contribution < 1.29 is 9.72 Å². The molecule has 1 aliphatic heterocycles. The van der Waals surface area contributed by atoms with Crippen LogP contribution in [0, 0.1) is 10.1 Å². The van der Waals surface area contributed by atoms with E-state index in [4.69, 9.17) is 0 Å². The minimum Gasteiger partial charge on any atom is -0.366 e. The molecule has 1 fully saturated rings. The molecular weight excluding hydrogens is 468 g/mol. The highest BCUT2D eigenvalue weighted by atomic mass is 16.6. The smallest absolute Gasteiger partial charge is 0.293 e. The summed E-state index contributed by atoms with van der Waals surface area (Å²) in [6.45, 7) is 3.76. The van der Waals surface area contributed by atoms with Gasteiger partial charge in [0.25, 0.3) is 11.6 Å². The van der Waals surface area contributed by atoms with E-state index in [0.29, 0.717) is 22.4 Å². The predicted molar refractivity (Wildman–Crippen MR) is 145 cm³/mol. The zero-order valence-corrected chi connectivity index (χ0v) is 20.9. The number of benzene rings is 3. The zero-order valence-electron chi connectivity index (χ0n) is 20.9. The van der Waals surface area contributed by atoms with Crippen LogP contribution in [-0.4, -0.2) is 38.9 Å². The van der Waals surface area contributed by atoms with E-state index < -0.39 is 10.8 Å². The van der Waals surface area contributed by atoms with Gasteiger partial charge in [-0.05, 0) is 80.1 Å². The number of anilines is 2. The van der Waals surface area contributed by atoms with Gasteiger partial charge < -0.3 is 10.2 Å². The average molecular weight is 499 g/mol. The van der Waals surface area contributed by atoms with E-state index in [1.54, 1.807) is 35.1 Å². The van der Waals surface area contributed by atoms with Gasteiger partial charge in [-0.3, -0.25) is 14.9 Å². The second-order valence-corrected chi connectivity index (χ2v) is 9.43. The molecule has 9 heteroatoms. The van der Waals surface area contributed by atoms with Gasteiger partial charge in [-0.2, -0.15) is 4.80 Å². The van der Waals surface area contributed by atoms with Crippen molar-refractivity contribution >= 4 is 34.0 Å². The van der Waals surface area contributed by atoms with Crippen LogP contribution in [-0.2, 0) is 6.42 Å². The molecule has 1 N–H and O–H groups in total. The first-order chi connectivity index (χ1) is 18.0. The largest absolute Gasteiger partial charge is 0.366 e. The lowest BCUT2D eigenvalue weighted by Gasteiger charge is -2.28. The van der Waals surface area contributed by atoms with Crippen molar-refractivity contribution in [2.45, 2.75) is 45.4 Å². The van der Waals surface area contributed by atoms with Gasteiger partial charge in [0.05, 0.1) is 10.6 Å². The number of piperidine rings is 1. The minimum absolute atomic E-state index is 0.0475. The van der Waals surface area contributed by atoms with E-state index in [9.17, 15) is 14.9 Å². The van der Waals surface area contributed by atoms with Crippen LogP contribution in [0.3, 0.4) is 0 Å². The van der Waals surface area contributed by atoms with E-state index >= 15 is 0 Å². The molecule has 0 aliphatic carbocycles. The third-order valence-electron chi connectivity index (χ3n) is 6.76. The fraction of sp³-hybridized carbons (Fsp3) is 0.321. The van der Waals surface area contributed by atoms with Crippen molar-refractivity contribution in [3.05, 3.63) is 81.9 Å². The second kappa shape index (κ2) is 10.8. The molecule has 0 bridgehead atoms. The number of carbonyl (C=O) groups excluding carboxylic acids is 1. The lowest BCUT2D eigenvalue weighted by Crippen LogP contribution is -2.30. The molecule has 9 nitrogen and oxygen atoms in total. The van der Waals surface area contributed by atoms with E-state index in [2.05, 4.69) is 34.6 Å². The summed E-state index contributed by atoms with van der Waals surface area (Å²) in [7, 11) is 0. The summed E-state index contributed by atoms with van der Waals surface area (Å²) >= 11 is 0. The van der Waals surface area contributed by atoms with Gasteiger partial charge in [0.15, 0.2) is 0 Å². The van der Waals surface area contributed by atoms with Gasteiger partial charge in [-0.1, -0.05) is 25.5 Å². The van der Waals surface area contributed by atoms with Crippen LogP contribution in [0.5, 0.6) is 0 Å². The normalized spacial score (nSPS) is 13.6. The standard InChI is InChI=1S/C28H30N6O3/c1-2-3-7-20-8-12-23(13-9-20)33-30-24-14-11-22(19-25(24)31-33)29-28(35)21-10-15-26(27(18-21)34(36)37)32-16-5-4-6-17-32/h8-15,18-19H,2-7,16-17H2,1H3,(H,29,35). The maximum Gasteiger partial charge on any atom is 0.293 e. The number of rotatable bonds is 8. The number of nitro benzene ring substituents is 1. The first kappa shape index (κ1) is 24.4. The fourth-order valence-corrected chi connectivity index (χ4v) is 4.70. The summed E-state index contributed by atoms with van der Waals surface area (Å²) in [4.78, 5) is 27.9. The molecular formula is C28H30N6O3. The highest BCUT2D eigenvalue weighted by molar-refractivity contribution is 6.05. The Kier molecular flexibility index (Phi) is 7.11. The first-order valence-corrected chi connectivity index (χ1v) is 12.8. The van der Waals surface area contributed by atoms with Gasteiger partial charge in [0, 0.05) is 30.4 Å². The third-order valence-corrected chi connectivity index (χ3v) is 6.76. The fourth-order valence-electron chi connectivity index (χ4n) is 4.70.